The third-order valence-electron chi connectivity index (χ3n) is 3.59. The van der Waals surface area contributed by atoms with Gasteiger partial charge in [0.2, 0.25) is 0 Å². The molecular formula is C15H25N3O. The van der Waals surface area contributed by atoms with Crippen molar-refractivity contribution in [3.05, 3.63) is 29.6 Å². The van der Waals surface area contributed by atoms with Crippen LogP contribution in [-0.4, -0.2) is 42.7 Å². The molecule has 1 N–H and O–H groups in total. The largest absolute Gasteiger partial charge is 0.383 e. The Labute approximate surface area is 116 Å². The number of nitrogens with zero attached hydrogens (tertiary/aromatic N) is 2. The molecule has 1 atom stereocenters. The highest BCUT2D eigenvalue weighted by molar-refractivity contribution is 5.11. The van der Waals surface area contributed by atoms with Gasteiger partial charge < -0.3 is 10.1 Å². The van der Waals surface area contributed by atoms with Crippen LogP contribution in [0.3, 0.4) is 0 Å². The molecule has 1 aromatic rings. The molecule has 106 valence electrons. The molecule has 1 aliphatic carbocycles. The van der Waals surface area contributed by atoms with E-state index >= 15 is 0 Å². The standard InChI is InChI=1S/C15H25N3O/c1-12(11-19-3)18(2)10-15-6-4-5-14(17-15)9-16-13-7-8-13/h4-6,12-13,16H,7-11H2,1-3H3. The van der Waals surface area contributed by atoms with Gasteiger partial charge in [0.15, 0.2) is 0 Å². The molecular weight excluding hydrogens is 238 g/mol. The van der Waals surface area contributed by atoms with E-state index in [0.717, 1.165) is 37.1 Å². The number of methoxy groups -OCH3 is 1. The number of rotatable bonds is 8. The fourth-order valence-electron chi connectivity index (χ4n) is 2.03. The average Bonchev–Trinajstić information content (AvgIpc) is 3.21. The first-order valence-corrected chi connectivity index (χ1v) is 7.06. The van der Waals surface area contributed by atoms with Crippen LogP contribution in [0.1, 0.15) is 31.2 Å². The Kier molecular flexibility index (Phi) is 5.31. The van der Waals surface area contributed by atoms with Crippen molar-refractivity contribution in [2.45, 2.75) is 44.9 Å². The lowest BCUT2D eigenvalue weighted by Gasteiger charge is -2.23. The van der Waals surface area contributed by atoms with Crippen molar-refractivity contribution >= 4 is 0 Å². The molecule has 1 heterocycles. The highest BCUT2D eigenvalue weighted by Crippen LogP contribution is 2.19. The third kappa shape index (κ3) is 4.90. The molecule has 1 aromatic heterocycles. The maximum atomic E-state index is 5.19. The second-order valence-electron chi connectivity index (χ2n) is 5.49. The average molecular weight is 263 g/mol. The Morgan fingerprint density at radius 1 is 1.42 bits per heavy atom. The highest BCUT2D eigenvalue weighted by Gasteiger charge is 2.20. The van der Waals surface area contributed by atoms with Gasteiger partial charge in [-0.05, 0) is 38.9 Å². The van der Waals surface area contributed by atoms with E-state index in [1.165, 1.54) is 12.8 Å². The van der Waals surface area contributed by atoms with Crippen molar-refractivity contribution in [3.8, 4) is 0 Å². The van der Waals surface area contributed by atoms with E-state index in [2.05, 4.69) is 42.4 Å². The van der Waals surface area contributed by atoms with Gasteiger partial charge in [0.05, 0.1) is 18.0 Å². The first-order valence-electron chi connectivity index (χ1n) is 7.06. The summed E-state index contributed by atoms with van der Waals surface area (Å²) in [6, 6.07) is 7.42. The van der Waals surface area contributed by atoms with Gasteiger partial charge in [-0.2, -0.15) is 0 Å². The summed E-state index contributed by atoms with van der Waals surface area (Å²) >= 11 is 0. The zero-order valence-corrected chi connectivity index (χ0v) is 12.2. The van der Waals surface area contributed by atoms with Crippen LogP contribution in [0.15, 0.2) is 18.2 Å². The Morgan fingerprint density at radius 3 is 2.84 bits per heavy atom. The second kappa shape index (κ2) is 6.98. The number of hydrogen-bond acceptors (Lipinski definition) is 4. The van der Waals surface area contributed by atoms with Gasteiger partial charge in [-0.1, -0.05) is 6.07 Å². The van der Waals surface area contributed by atoms with E-state index in [-0.39, 0.29) is 0 Å². The molecule has 0 radical (unpaired) electrons. The fourth-order valence-corrected chi connectivity index (χ4v) is 2.03. The van der Waals surface area contributed by atoms with Gasteiger partial charge >= 0.3 is 0 Å². The topological polar surface area (TPSA) is 37.4 Å². The number of nitrogens with one attached hydrogen (secondary N) is 1. The number of hydrogen-bond donors (Lipinski definition) is 1. The minimum Gasteiger partial charge on any atom is -0.383 e. The summed E-state index contributed by atoms with van der Waals surface area (Å²) in [7, 11) is 3.85. The number of pyridine rings is 1. The van der Waals surface area contributed by atoms with E-state index in [0.29, 0.717) is 6.04 Å². The summed E-state index contributed by atoms with van der Waals surface area (Å²) in [5.41, 5.74) is 2.26. The van der Waals surface area contributed by atoms with E-state index < -0.39 is 0 Å². The van der Waals surface area contributed by atoms with Crippen molar-refractivity contribution in [1.82, 2.24) is 15.2 Å². The van der Waals surface area contributed by atoms with E-state index in [1.54, 1.807) is 7.11 Å². The summed E-state index contributed by atoms with van der Waals surface area (Å²) in [4.78, 5) is 6.98. The van der Waals surface area contributed by atoms with Gasteiger partial charge in [-0.3, -0.25) is 9.88 Å². The monoisotopic (exact) mass is 263 g/mol. The molecule has 1 aliphatic rings. The number of likely N-dealkylation sites (N-methyl/N-ethyl adjacent to an activating group) is 1. The zero-order chi connectivity index (χ0) is 13.7. The van der Waals surface area contributed by atoms with Crippen LogP contribution in [0.25, 0.3) is 0 Å². The quantitative estimate of drug-likeness (QED) is 0.776. The molecule has 2 rings (SSSR count). The van der Waals surface area contributed by atoms with E-state index in [9.17, 15) is 0 Å². The first kappa shape index (κ1) is 14.4. The summed E-state index contributed by atoms with van der Waals surface area (Å²) in [5.74, 6) is 0. The van der Waals surface area contributed by atoms with Crippen molar-refractivity contribution in [2.75, 3.05) is 20.8 Å². The summed E-state index contributed by atoms with van der Waals surface area (Å²) in [6.45, 7) is 4.67. The summed E-state index contributed by atoms with van der Waals surface area (Å²) in [5, 5.41) is 3.50. The molecule has 1 unspecified atom stereocenters. The number of ether oxygens (including phenoxy) is 1. The van der Waals surface area contributed by atoms with Gasteiger partial charge in [0.25, 0.3) is 0 Å². The summed E-state index contributed by atoms with van der Waals surface area (Å²) < 4.78 is 5.19. The molecule has 0 spiro atoms. The lowest BCUT2D eigenvalue weighted by atomic mass is 10.2. The maximum absolute atomic E-state index is 5.19. The second-order valence-corrected chi connectivity index (χ2v) is 5.49. The van der Waals surface area contributed by atoms with Crippen LogP contribution in [0, 0.1) is 0 Å². The molecule has 1 fully saturated rings. The molecule has 0 aliphatic heterocycles. The Balaban J connectivity index is 1.86. The minimum atomic E-state index is 0.403. The minimum absolute atomic E-state index is 0.403. The van der Waals surface area contributed by atoms with Gasteiger partial charge in [0.1, 0.15) is 0 Å². The molecule has 0 saturated heterocycles. The predicted octanol–water partition coefficient (Wildman–Crippen LogP) is 1.80. The highest BCUT2D eigenvalue weighted by atomic mass is 16.5. The fraction of sp³-hybridized carbons (Fsp3) is 0.667. The first-order chi connectivity index (χ1) is 9.19. The Morgan fingerprint density at radius 2 is 2.16 bits per heavy atom. The van der Waals surface area contributed by atoms with Crippen LogP contribution in [0.5, 0.6) is 0 Å². The molecule has 1 saturated carbocycles. The van der Waals surface area contributed by atoms with Crippen LogP contribution in [0.2, 0.25) is 0 Å². The molecule has 19 heavy (non-hydrogen) atoms. The van der Waals surface area contributed by atoms with Crippen LogP contribution in [-0.2, 0) is 17.8 Å². The molecule has 0 amide bonds. The third-order valence-corrected chi connectivity index (χ3v) is 3.59. The lowest BCUT2D eigenvalue weighted by molar-refractivity contribution is 0.111. The van der Waals surface area contributed by atoms with Gasteiger partial charge in [-0.25, -0.2) is 0 Å². The Hall–Kier alpha value is -0.970. The lowest BCUT2D eigenvalue weighted by Crippen LogP contribution is -2.32. The molecule has 4 heteroatoms. The predicted molar refractivity (Wildman–Crippen MR) is 76.9 cm³/mol. The van der Waals surface area contributed by atoms with Crippen molar-refractivity contribution in [1.29, 1.82) is 0 Å². The van der Waals surface area contributed by atoms with E-state index in [1.807, 2.05) is 0 Å². The molecule has 0 aromatic carbocycles. The van der Waals surface area contributed by atoms with Crippen molar-refractivity contribution in [3.63, 3.8) is 0 Å². The summed E-state index contributed by atoms with van der Waals surface area (Å²) in [6.07, 6.45) is 2.63. The molecule has 0 bridgehead atoms. The van der Waals surface area contributed by atoms with Crippen LogP contribution in [0.4, 0.5) is 0 Å². The van der Waals surface area contributed by atoms with Gasteiger partial charge in [0, 0.05) is 32.3 Å². The molecule has 4 nitrogen and oxygen atoms in total. The SMILES string of the molecule is COCC(C)N(C)Cc1cccc(CNC2CC2)n1. The normalized spacial score (nSPS) is 16.8. The van der Waals surface area contributed by atoms with Crippen LogP contribution >= 0.6 is 0 Å². The smallest absolute Gasteiger partial charge is 0.0615 e. The Bertz CT molecular complexity index is 393. The van der Waals surface area contributed by atoms with Crippen molar-refractivity contribution < 1.29 is 4.74 Å². The van der Waals surface area contributed by atoms with Crippen LogP contribution < -0.4 is 5.32 Å². The maximum Gasteiger partial charge on any atom is 0.0615 e. The zero-order valence-electron chi connectivity index (χ0n) is 12.2. The number of aromatic nitrogens is 1. The van der Waals surface area contributed by atoms with E-state index in [4.69, 9.17) is 9.72 Å². The van der Waals surface area contributed by atoms with Gasteiger partial charge in [-0.15, -0.1) is 0 Å². The van der Waals surface area contributed by atoms with Crippen molar-refractivity contribution in [2.24, 2.45) is 0 Å².